The van der Waals surface area contributed by atoms with Gasteiger partial charge in [0.1, 0.15) is 11.2 Å². The van der Waals surface area contributed by atoms with Gasteiger partial charge in [-0.2, -0.15) is 0 Å². The standard InChI is InChI=1S/C54H35NO/c1-2-14-47(15-3-1)55(48-26-21-37(22-27-48)45-25-29-52-51(35-45)54-50-16-7-6-10-39(50)24-30-53(54)56-52)49-28-23-38-18-20-44(33-46(38)34-49)42-13-8-12-41(32-42)43-19-17-36-9-4-5-11-40(36)31-43/h1-35H. The summed E-state index contributed by atoms with van der Waals surface area (Å²) in [5.74, 6) is 0. The van der Waals surface area contributed by atoms with Gasteiger partial charge in [-0.05, 0) is 138 Å². The maximum Gasteiger partial charge on any atom is 0.136 e. The first-order valence-electron chi connectivity index (χ1n) is 19.2. The van der Waals surface area contributed by atoms with Crippen LogP contribution in [0.15, 0.2) is 217 Å². The molecular weight excluding hydrogens is 679 g/mol. The molecule has 0 saturated carbocycles. The molecule has 0 aliphatic rings. The van der Waals surface area contributed by atoms with Gasteiger partial charge in [0.2, 0.25) is 0 Å². The van der Waals surface area contributed by atoms with E-state index in [1.807, 2.05) is 0 Å². The highest BCUT2D eigenvalue weighted by Crippen LogP contribution is 2.40. The van der Waals surface area contributed by atoms with Crippen LogP contribution in [0.3, 0.4) is 0 Å². The van der Waals surface area contributed by atoms with E-state index in [1.165, 1.54) is 60.0 Å². The molecule has 0 atom stereocenters. The molecule has 2 nitrogen and oxygen atoms in total. The average Bonchev–Trinajstić information content (AvgIpc) is 3.65. The van der Waals surface area contributed by atoms with Gasteiger partial charge in [-0.25, -0.2) is 0 Å². The Bertz CT molecular complexity index is 3250. The molecule has 0 fully saturated rings. The van der Waals surface area contributed by atoms with E-state index in [0.29, 0.717) is 0 Å². The molecule has 0 N–H and O–H groups in total. The van der Waals surface area contributed by atoms with Gasteiger partial charge in [0.25, 0.3) is 0 Å². The van der Waals surface area contributed by atoms with Crippen molar-refractivity contribution in [3.8, 4) is 33.4 Å². The quantitative estimate of drug-likeness (QED) is 0.171. The van der Waals surface area contributed by atoms with Crippen LogP contribution in [-0.4, -0.2) is 0 Å². The second-order valence-corrected chi connectivity index (χ2v) is 14.6. The maximum absolute atomic E-state index is 6.29. The molecule has 262 valence electrons. The third-order valence-electron chi connectivity index (χ3n) is 11.2. The highest BCUT2D eigenvalue weighted by molar-refractivity contribution is 6.19. The number of hydrogen-bond donors (Lipinski definition) is 0. The highest BCUT2D eigenvalue weighted by atomic mass is 16.3. The number of para-hydroxylation sites is 1. The molecule has 11 rings (SSSR count). The molecule has 11 aromatic rings. The Labute approximate surface area is 325 Å². The van der Waals surface area contributed by atoms with Gasteiger partial charge in [-0.1, -0.05) is 140 Å². The molecule has 0 bridgehead atoms. The second-order valence-electron chi connectivity index (χ2n) is 14.6. The lowest BCUT2D eigenvalue weighted by molar-refractivity contribution is 0.669. The largest absolute Gasteiger partial charge is 0.456 e. The zero-order chi connectivity index (χ0) is 37.0. The van der Waals surface area contributed by atoms with Gasteiger partial charge < -0.3 is 9.32 Å². The van der Waals surface area contributed by atoms with Crippen molar-refractivity contribution in [1.82, 2.24) is 0 Å². The van der Waals surface area contributed by atoms with Gasteiger partial charge in [-0.15, -0.1) is 0 Å². The molecule has 56 heavy (non-hydrogen) atoms. The Morgan fingerprint density at radius 2 is 0.804 bits per heavy atom. The topological polar surface area (TPSA) is 16.4 Å². The lowest BCUT2D eigenvalue weighted by Gasteiger charge is -2.26. The van der Waals surface area contributed by atoms with Gasteiger partial charge >= 0.3 is 0 Å². The molecule has 1 heterocycles. The number of benzene rings is 10. The minimum Gasteiger partial charge on any atom is -0.456 e. The fraction of sp³-hybridized carbons (Fsp3) is 0. The molecule has 10 aromatic carbocycles. The maximum atomic E-state index is 6.29. The Kier molecular flexibility index (Phi) is 7.53. The van der Waals surface area contributed by atoms with E-state index in [1.54, 1.807) is 0 Å². The third-order valence-corrected chi connectivity index (χ3v) is 11.2. The molecule has 0 radical (unpaired) electrons. The number of fused-ring (bicyclic) bond motifs is 7. The minimum atomic E-state index is 0.907. The van der Waals surface area contributed by atoms with E-state index in [2.05, 4.69) is 217 Å². The fourth-order valence-corrected chi connectivity index (χ4v) is 8.35. The fourth-order valence-electron chi connectivity index (χ4n) is 8.35. The SMILES string of the molecule is c1ccc(N(c2ccc(-c3ccc4oc5ccc6ccccc6c5c4c3)cc2)c2ccc3ccc(-c4cccc(-c5ccc6ccccc6c5)c4)cc3c2)cc1. The summed E-state index contributed by atoms with van der Waals surface area (Å²) in [6, 6.07) is 76.6. The summed E-state index contributed by atoms with van der Waals surface area (Å²) in [5.41, 5.74) is 12.3. The molecule has 0 unspecified atom stereocenters. The van der Waals surface area contributed by atoms with Crippen LogP contribution in [0.4, 0.5) is 17.1 Å². The van der Waals surface area contributed by atoms with Crippen LogP contribution >= 0.6 is 0 Å². The number of furan rings is 1. The van der Waals surface area contributed by atoms with Crippen LogP contribution < -0.4 is 4.90 Å². The summed E-state index contributed by atoms with van der Waals surface area (Å²) in [6.07, 6.45) is 0. The van der Waals surface area contributed by atoms with Crippen LogP contribution in [-0.2, 0) is 0 Å². The van der Waals surface area contributed by atoms with Crippen molar-refractivity contribution in [3.05, 3.63) is 212 Å². The van der Waals surface area contributed by atoms with E-state index < -0.39 is 0 Å². The first-order valence-corrected chi connectivity index (χ1v) is 19.2. The summed E-state index contributed by atoms with van der Waals surface area (Å²) in [4.78, 5) is 2.34. The zero-order valence-electron chi connectivity index (χ0n) is 30.6. The molecule has 1 aromatic heterocycles. The van der Waals surface area contributed by atoms with Crippen molar-refractivity contribution >= 4 is 71.3 Å². The lowest BCUT2D eigenvalue weighted by Crippen LogP contribution is -2.09. The Morgan fingerprint density at radius 3 is 1.61 bits per heavy atom. The molecule has 0 aliphatic carbocycles. The number of nitrogens with zero attached hydrogens (tertiary/aromatic N) is 1. The molecular formula is C54H35NO. The summed E-state index contributed by atoms with van der Waals surface area (Å²) < 4.78 is 6.29. The highest BCUT2D eigenvalue weighted by Gasteiger charge is 2.15. The monoisotopic (exact) mass is 713 g/mol. The van der Waals surface area contributed by atoms with Crippen molar-refractivity contribution < 1.29 is 4.42 Å². The second kappa shape index (κ2) is 13.2. The van der Waals surface area contributed by atoms with Crippen molar-refractivity contribution in [1.29, 1.82) is 0 Å². The van der Waals surface area contributed by atoms with Crippen molar-refractivity contribution in [2.45, 2.75) is 0 Å². The van der Waals surface area contributed by atoms with Crippen molar-refractivity contribution in [3.63, 3.8) is 0 Å². The van der Waals surface area contributed by atoms with E-state index >= 15 is 0 Å². The van der Waals surface area contributed by atoms with E-state index in [0.717, 1.165) is 44.7 Å². The summed E-state index contributed by atoms with van der Waals surface area (Å²) >= 11 is 0. The Hall–Kier alpha value is -7.42. The zero-order valence-corrected chi connectivity index (χ0v) is 30.6. The predicted octanol–water partition coefficient (Wildman–Crippen LogP) is 15.5. The minimum absolute atomic E-state index is 0.907. The first-order chi connectivity index (χ1) is 27.7. The molecule has 0 saturated heterocycles. The smallest absolute Gasteiger partial charge is 0.136 e. The van der Waals surface area contributed by atoms with Crippen LogP contribution in [0.1, 0.15) is 0 Å². The van der Waals surface area contributed by atoms with Crippen LogP contribution in [0, 0.1) is 0 Å². The molecule has 0 spiro atoms. The summed E-state index contributed by atoms with van der Waals surface area (Å²) in [6.45, 7) is 0. The van der Waals surface area contributed by atoms with E-state index in [4.69, 9.17) is 4.42 Å². The van der Waals surface area contributed by atoms with Crippen molar-refractivity contribution in [2.75, 3.05) is 4.90 Å². The van der Waals surface area contributed by atoms with Gasteiger partial charge in [0, 0.05) is 27.8 Å². The summed E-state index contributed by atoms with van der Waals surface area (Å²) in [5, 5.41) is 9.66. The van der Waals surface area contributed by atoms with Gasteiger partial charge in [-0.3, -0.25) is 0 Å². The van der Waals surface area contributed by atoms with Crippen LogP contribution in [0.5, 0.6) is 0 Å². The van der Waals surface area contributed by atoms with Crippen molar-refractivity contribution in [2.24, 2.45) is 0 Å². The van der Waals surface area contributed by atoms with Crippen LogP contribution in [0.2, 0.25) is 0 Å². The number of hydrogen-bond acceptors (Lipinski definition) is 2. The molecule has 2 heteroatoms. The van der Waals surface area contributed by atoms with E-state index in [9.17, 15) is 0 Å². The van der Waals surface area contributed by atoms with E-state index in [-0.39, 0.29) is 0 Å². The normalized spacial score (nSPS) is 11.6. The Balaban J connectivity index is 0.955. The third kappa shape index (κ3) is 5.59. The predicted molar refractivity (Wildman–Crippen MR) is 237 cm³/mol. The number of rotatable bonds is 6. The Morgan fingerprint density at radius 1 is 0.268 bits per heavy atom. The summed E-state index contributed by atoms with van der Waals surface area (Å²) in [7, 11) is 0. The van der Waals surface area contributed by atoms with Gasteiger partial charge in [0.05, 0.1) is 0 Å². The molecule has 0 aliphatic heterocycles. The first kappa shape index (κ1) is 32.0. The van der Waals surface area contributed by atoms with Crippen LogP contribution in [0.25, 0.3) is 87.6 Å². The lowest BCUT2D eigenvalue weighted by atomic mass is 9.96. The molecule has 0 amide bonds. The van der Waals surface area contributed by atoms with Gasteiger partial charge in [0.15, 0.2) is 0 Å². The average molecular weight is 714 g/mol. The number of anilines is 3.